The van der Waals surface area contributed by atoms with Crippen molar-refractivity contribution in [2.45, 2.75) is 25.6 Å². The van der Waals surface area contributed by atoms with Gasteiger partial charge in [0, 0.05) is 18.7 Å². The third kappa shape index (κ3) is 5.19. The number of aryl methyl sites for hydroxylation is 1. The highest BCUT2D eigenvalue weighted by molar-refractivity contribution is 7.88. The summed E-state index contributed by atoms with van der Waals surface area (Å²) in [6.45, 7) is 5.59. The van der Waals surface area contributed by atoms with Crippen LogP contribution in [0.1, 0.15) is 40.0 Å². The third-order valence-corrected chi connectivity index (χ3v) is 6.70. The van der Waals surface area contributed by atoms with Gasteiger partial charge in [-0.15, -0.1) is 0 Å². The van der Waals surface area contributed by atoms with Crippen molar-refractivity contribution in [1.82, 2.24) is 9.62 Å². The summed E-state index contributed by atoms with van der Waals surface area (Å²) in [6, 6.07) is 14.6. The molecule has 0 bridgehead atoms. The molecule has 0 radical (unpaired) electrons. The molecule has 3 rings (SSSR count). The smallest absolute Gasteiger partial charge is 0.251 e. The molecule has 28 heavy (non-hydrogen) atoms. The molecule has 1 aliphatic heterocycles. The number of amides is 1. The number of carbonyl (C=O) groups is 1. The van der Waals surface area contributed by atoms with Gasteiger partial charge in [0.25, 0.3) is 5.91 Å². The quantitative estimate of drug-likeness (QED) is 0.806. The predicted molar refractivity (Wildman–Crippen MR) is 109 cm³/mol. The van der Waals surface area contributed by atoms with E-state index >= 15 is 0 Å². The molecule has 2 aromatic rings. The van der Waals surface area contributed by atoms with E-state index in [1.54, 1.807) is 24.3 Å². The van der Waals surface area contributed by atoms with Gasteiger partial charge in [-0.25, -0.2) is 8.42 Å². The number of nitrogens with zero attached hydrogens (tertiary/aromatic N) is 1. The minimum absolute atomic E-state index is 0.0747. The van der Waals surface area contributed by atoms with E-state index in [0.717, 1.165) is 5.56 Å². The first-order chi connectivity index (χ1) is 13.3. The van der Waals surface area contributed by atoms with Crippen molar-refractivity contribution in [3.8, 4) is 0 Å². The van der Waals surface area contributed by atoms with Gasteiger partial charge in [-0.1, -0.05) is 42.0 Å². The van der Waals surface area contributed by atoms with E-state index < -0.39 is 10.0 Å². The van der Waals surface area contributed by atoms with Gasteiger partial charge in [0.1, 0.15) is 0 Å². The fraction of sp³-hybridized carbons (Fsp3) is 0.381. The van der Waals surface area contributed by atoms with Gasteiger partial charge in [0.2, 0.25) is 10.0 Å². The summed E-state index contributed by atoms with van der Waals surface area (Å²) in [5, 5.41) is 2.97. The second-order valence-corrected chi connectivity index (χ2v) is 9.04. The summed E-state index contributed by atoms with van der Waals surface area (Å²) >= 11 is 0. The molecular formula is C21H26N2O4S. The molecule has 1 saturated heterocycles. The Kier molecular flexibility index (Phi) is 6.49. The maximum absolute atomic E-state index is 12.5. The standard InChI is InChI=1S/C21H26N2O4S/c1-16-3-7-19(8-4-16)17(2)22-21(24)20-9-5-18(6-10-20)15-28(25,26)23-11-13-27-14-12-23/h3-10,17H,11-15H2,1-2H3,(H,22,24)/t17-/m1/s1. The van der Waals surface area contributed by atoms with Crippen LogP contribution in [0.4, 0.5) is 0 Å². The fourth-order valence-corrected chi connectivity index (χ4v) is 4.60. The number of benzene rings is 2. The van der Waals surface area contributed by atoms with Crippen molar-refractivity contribution in [1.29, 1.82) is 0 Å². The van der Waals surface area contributed by atoms with E-state index in [0.29, 0.717) is 37.4 Å². The Labute approximate surface area is 166 Å². The van der Waals surface area contributed by atoms with Crippen LogP contribution < -0.4 is 5.32 Å². The minimum atomic E-state index is -3.38. The van der Waals surface area contributed by atoms with E-state index in [-0.39, 0.29) is 17.7 Å². The number of morpholine rings is 1. The Balaban J connectivity index is 1.61. The van der Waals surface area contributed by atoms with E-state index in [2.05, 4.69) is 5.32 Å². The maximum atomic E-state index is 12.5. The highest BCUT2D eigenvalue weighted by Crippen LogP contribution is 2.16. The van der Waals surface area contributed by atoms with Crippen LogP contribution in [0.2, 0.25) is 0 Å². The van der Waals surface area contributed by atoms with E-state index in [4.69, 9.17) is 4.74 Å². The summed E-state index contributed by atoms with van der Waals surface area (Å²) < 4.78 is 31.6. The van der Waals surface area contributed by atoms with Gasteiger partial charge in [-0.2, -0.15) is 4.31 Å². The Morgan fingerprint density at radius 3 is 2.29 bits per heavy atom. The molecular weight excluding hydrogens is 376 g/mol. The highest BCUT2D eigenvalue weighted by atomic mass is 32.2. The average molecular weight is 403 g/mol. The molecule has 7 heteroatoms. The first-order valence-electron chi connectivity index (χ1n) is 9.37. The van der Waals surface area contributed by atoms with E-state index in [1.165, 1.54) is 9.87 Å². The largest absolute Gasteiger partial charge is 0.379 e. The molecule has 0 saturated carbocycles. The van der Waals surface area contributed by atoms with Crippen molar-refractivity contribution in [2.24, 2.45) is 0 Å². The van der Waals surface area contributed by atoms with Crippen LogP contribution in [0.25, 0.3) is 0 Å². The first-order valence-corrected chi connectivity index (χ1v) is 11.0. The molecule has 0 aromatic heterocycles. The molecule has 1 aliphatic rings. The predicted octanol–water partition coefficient (Wildman–Crippen LogP) is 2.65. The van der Waals surface area contributed by atoms with Crippen LogP contribution >= 0.6 is 0 Å². The number of rotatable bonds is 6. The van der Waals surface area contributed by atoms with Crippen LogP contribution in [0.3, 0.4) is 0 Å². The van der Waals surface area contributed by atoms with Crippen LogP contribution in [0.15, 0.2) is 48.5 Å². The monoisotopic (exact) mass is 402 g/mol. The zero-order valence-electron chi connectivity index (χ0n) is 16.2. The van der Waals surface area contributed by atoms with Crippen molar-refractivity contribution in [3.63, 3.8) is 0 Å². The third-order valence-electron chi connectivity index (χ3n) is 4.85. The summed E-state index contributed by atoms with van der Waals surface area (Å²) in [4.78, 5) is 12.5. The lowest BCUT2D eigenvalue weighted by Gasteiger charge is -2.26. The van der Waals surface area contributed by atoms with Gasteiger partial charge in [0.05, 0.1) is 25.0 Å². The summed E-state index contributed by atoms with van der Waals surface area (Å²) in [5.41, 5.74) is 3.37. The highest BCUT2D eigenvalue weighted by Gasteiger charge is 2.24. The van der Waals surface area contributed by atoms with Gasteiger partial charge in [0.15, 0.2) is 0 Å². The topological polar surface area (TPSA) is 75.7 Å². The normalized spacial score (nSPS) is 16.5. The molecule has 6 nitrogen and oxygen atoms in total. The lowest BCUT2D eigenvalue weighted by Crippen LogP contribution is -2.41. The van der Waals surface area contributed by atoms with E-state index in [1.807, 2.05) is 38.1 Å². The molecule has 1 amide bonds. The zero-order valence-corrected chi connectivity index (χ0v) is 17.0. The summed E-state index contributed by atoms with van der Waals surface area (Å²) in [6.07, 6.45) is 0. The van der Waals surface area contributed by atoms with Gasteiger partial charge < -0.3 is 10.1 Å². The SMILES string of the molecule is Cc1ccc([C@@H](C)NC(=O)c2ccc(CS(=O)(=O)N3CCOCC3)cc2)cc1. The summed E-state index contributed by atoms with van der Waals surface area (Å²) in [7, 11) is -3.38. The Morgan fingerprint density at radius 2 is 1.68 bits per heavy atom. The number of ether oxygens (including phenoxy) is 1. The molecule has 1 heterocycles. The maximum Gasteiger partial charge on any atom is 0.251 e. The molecule has 1 fully saturated rings. The zero-order chi connectivity index (χ0) is 20.1. The number of hydrogen-bond acceptors (Lipinski definition) is 4. The van der Waals surface area contributed by atoms with E-state index in [9.17, 15) is 13.2 Å². The van der Waals surface area contributed by atoms with Gasteiger partial charge >= 0.3 is 0 Å². The van der Waals surface area contributed by atoms with Crippen molar-refractivity contribution in [2.75, 3.05) is 26.3 Å². The van der Waals surface area contributed by atoms with Crippen molar-refractivity contribution < 1.29 is 17.9 Å². The van der Waals surface area contributed by atoms with Crippen molar-refractivity contribution >= 4 is 15.9 Å². The second-order valence-electron chi connectivity index (χ2n) is 7.07. The van der Waals surface area contributed by atoms with Crippen molar-refractivity contribution in [3.05, 3.63) is 70.8 Å². The van der Waals surface area contributed by atoms with Gasteiger partial charge in [-0.3, -0.25) is 4.79 Å². The van der Waals surface area contributed by atoms with Crippen LogP contribution in [0, 0.1) is 6.92 Å². The molecule has 0 unspecified atom stereocenters. The second kappa shape index (κ2) is 8.86. The first kappa shape index (κ1) is 20.5. The minimum Gasteiger partial charge on any atom is -0.379 e. The number of sulfonamides is 1. The number of carbonyl (C=O) groups excluding carboxylic acids is 1. The molecule has 0 spiro atoms. The Morgan fingerprint density at radius 1 is 1.07 bits per heavy atom. The molecule has 1 N–H and O–H groups in total. The Hall–Kier alpha value is -2.22. The van der Waals surface area contributed by atoms with Crippen LogP contribution in [-0.4, -0.2) is 44.9 Å². The molecule has 1 atom stereocenters. The fourth-order valence-electron chi connectivity index (χ4n) is 3.10. The summed E-state index contributed by atoms with van der Waals surface area (Å²) in [5.74, 6) is -0.259. The lowest BCUT2D eigenvalue weighted by atomic mass is 10.1. The number of nitrogens with one attached hydrogen (secondary N) is 1. The van der Waals surface area contributed by atoms with Crippen LogP contribution in [-0.2, 0) is 20.5 Å². The van der Waals surface area contributed by atoms with Crippen LogP contribution in [0.5, 0.6) is 0 Å². The average Bonchev–Trinajstić information content (AvgIpc) is 2.69. The molecule has 150 valence electrons. The number of hydrogen-bond donors (Lipinski definition) is 1. The molecule has 0 aliphatic carbocycles. The molecule has 2 aromatic carbocycles. The van der Waals surface area contributed by atoms with Gasteiger partial charge in [-0.05, 0) is 37.1 Å². The Bertz CT molecular complexity index is 902. The lowest BCUT2D eigenvalue weighted by molar-refractivity contribution is 0.0729.